The van der Waals surface area contributed by atoms with Crippen molar-refractivity contribution in [1.82, 2.24) is 9.21 Å². The predicted molar refractivity (Wildman–Crippen MR) is 200 cm³/mol. The molecule has 1 aliphatic rings. The van der Waals surface area contributed by atoms with Crippen molar-refractivity contribution in [3.63, 3.8) is 0 Å². The van der Waals surface area contributed by atoms with Gasteiger partial charge < -0.3 is 30.1 Å². The number of aliphatic hydroxyl groups excluding tert-OH is 1. The van der Waals surface area contributed by atoms with Gasteiger partial charge in [0.25, 0.3) is 5.91 Å². The molecule has 5 rings (SSSR count). The van der Waals surface area contributed by atoms with Crippen LogP contribution in [0.3, 0.4) is 0 Å². The lowest BCUT2D eigenvalue weighted by Crippen LogP contribution is -2.48. The summed E-state index contributed by atoms with van der Waals surface area (Å²) in [5.74, 6) is -1.02. The number of anilines is 2. The van der Waals surface area contributed by atoms with Crippen molar-refractivity contribution >= 4 is 44.1 Å². The van der Waals surface area contributed by atoms with Gasteiger partial charge in [0, 0.05) is 43.7 Å². The monoisotopic (exact) mass is 734 g/mol. The van der Waals surface area contributed by atoms with Crippen molar-refractivity contribution < 1.29 is 37.0 Å². The van der Waals surface area contributed by atoms with E-state index < -0.39 is 39.9 Å². The van der Waals surface area contributed by atoms with Crippen molar-refractivity contribution in [2.75, 3.05) is 44.0 Å². The second kappa shape index (κ2) is 17.3. The molecule has 3 amide bonds. The average Bonchev–Trinajstić information content (AvgIpc) is 3.13. The minimum atomic E-state index is -3.97. The molecular weight excluding hydrogens is 688 g/mol. The van der Waals surface area contributed by atoms with Crippen LogP contribution in [0, 0.1) is 11.7 Å². The number of hydrogen-bond acceptors (Lipinski definition) is 7. The number of benzene rings is 4. The molecule has 13 heteroatoms. The van der Waals surface area contributed by atoms with Crippen molar-refractivity contribution in [2.45, 2.75) is 63.2 Å². The van der Waals surface area contributed by atoms with E-state index in [-0.39, 0.29) is 42.2 Å². The third-order valence-electron chi connectivity index (χ3n) is 9.31. The van der Waals surface area contributed by atoms with Crippen LogP contribution in [0.15, 0.2) is 89.8 Å². The zero-order chi connectivity index (χ0) is 37.4. The fourth-order valence-electron chi connectivity index (χ4n) is 6.22. The molecule has 4 atom stereocenters. The summed E-state index contributed by atoms with van der Waals surface area (Å²) in [6, 6.07) is 21.8. The fourth-order valence-corrected chi connectivity index (χ4v) is 7.40. The molecule has 0 saturated carbocycles. The number of amides is 3. The number of likely N-dealkylation sites (N-methyl/N-ethyl adjacent to an activating group) is 1. The number of fused-ring (bicyclic) bond motifs is 2. The van der Waals surface area contributed by atoms with Gasteiger partial charge in [0.1, 0.15) is 11.6 Å². The molecule has 0 aliphatic carbocycles. The van der Waals surface area contributed by atoms with Crippen molar-refractivity contribution in [1.29, 1.82) is 0 Å². The highest BCUT2D eigenvalue weighted by Crippen LogP contribution is 2.30. The molecule has 1 heterocycles. The summed E-state index contributed by atoms with van der Waals surface area (Å²) in [4.78, 5) is 29.1. The number of urea groups is 1. The van der Waals surface area contributed by atoms with Crippen LogP contribution in [0.2, 0.25) is 0 Å². The number of ether oxygens (including phenoxy) is 2. The Morgan fingerprint density at radius 2 is 1.75 bits per heavy atom. The van der Waals surface area contributed by atoms with E-state index in [2.05, 4.69) is 10.6 Å². The number of hydrogen-bond donors (Lipinski definition) is 3. The Labute approximate surface area is 304 Å². The van der Waals surface area contributed by atoms with E-state index in [0.29, 0.717) is 36.6 Å². The molecule has 0 aromatic heterocycles. The van der Waals surface area contributed by atoms with Crippen LogP contribution in [0.25, 0.3) is 10.8 Å². The smallest absolute Gasteiger partial charge is 0.323 e. The van der Waals surface area contributed by atoms with Gasteiger partial charge in [-0.1, -0.05) is 43.3 Å². The Balaban J connectivity index is 1.41. The van der Waals surface area contributed by atoms with Crippen LogP contribution in [-0.2, 0) is 14.8 Å². The SMILES string of the molecule is C[C@@H]1CN([C@@H](C)CO)C(=O)c2cc(NC(=O)Nc3cccc4ccccc34)ccc2O[C@@H](C)CCCCO[C@@H]1CN(C)S(=O)(=O)c1ccc(F)cc1. The van der Waals surface area contributed by atoms with E-state index in [1.165, 1.54) is 28.4 Å². The highest BCUT2D eigenvalue weighted by Gasteiger charge is 2.32. The molecular formula is C39H47FN4O7S. The summed E-state index contributed by atoms with van der Waals surface area (Å²) >= 11 is 0. The Morgan fingerprint density at radius 3 is 2.50 bits per heavy atom. The van der Waals surface area contributed by atoms with Gasteiger partial charge in [0.05, 0.1) is 41.0 Å². The van der Waals surface area contributed by atoms with Crippen LogP contribution in [0.1, 0.15) is 50.4 Å². The van der Waals surface area contributed by atoms with Gasteiger partial charge in [-0.2, -0.15) is 4.31 Å². The first kappa shape index (κ1) is 38.7. The van der Waals surface area contributed by atoms with E-state index in [4.69, 9.17) is 9.47 Å². The highest BCUT2D eigenvalue weighted by molar-refractivity contribution is 7.89. The van der Waals surface area contributed by atoms with Gasteiger partial charge in [-0.3, -0.25) is 4.79 Å². The number of rotatable bonds is 8. The summed E-state index contributed by atoms with van der Waals surface area (Å²) in [6.07, 6.45) is 1.25. The van der Waals surface area contributed by atoms with Gasteiger partial charge in [-0.15, -0.1) is 0 Å². The highest BCUT2D eigenvalue weighted by atomic mass is 32.2. The fraction of sp³-hybridized carbons (Fsp3) is 0.385. The first-order valence-electron chi connectivity index (χ1n) is 17.5. The van der Waals surface area contributed by atoms with Gasteiger partial charge in [-0.05, 0) is 87.0 Å². The zero-order valence-electron chi connectivity index (χ0n) is 29.9. The van der Waals surface area contributed by atoms with Gasteiger partial charge in [0.2, 0.25) is 10.0 Å². The molecule has 0 bridgehead atoms. The summed E-state index contributed by atoms with van der Waals surface area (Å²) in [7, 11) is -2.52. The summed E-state index contributed by atoms with van der Waals surface area (Å²) < 4.78 is 54.1. The minimum Gasteiger partial charge on any atom is -0.490 e. The molecule has 11 nitrogen and oxygen atoms in total. The van der Waals surface area contributed by atoms with Crippen molar-refractivity contribution in [3.8, 4) is 5.75 Å². The number of nitrogens with one attached hydrogen (secondary N) is 2. The van der Waals surface area contributed by atoms with E-state index in [0.717, 1.165) is 29.3 Å². The Hall–Kier alpha value is -4.56. The topological polar surface area (TPSA) is 138 Å². The molecule has 4 aromatic rings. The maximum absolute atomic E-state index is 14.5. The van der Waals surface area contributed by atoms with E-state index in [1.807, 2.05) is 56.3 Å². The van der Waals surface area contributed by atoms with E-state index >= 15 is 0 Å². The normalized spacial score (nSPS) is 19.7. The Bertz CT molecular complexity index is 1950. The number of halogens is 1. The molecule has 1 aliphatic heterocycles. The molecule has 0 spiro atoms. The predicted octanol–water partition coefficient (Wildman–Crippen LogP) is 6.74. The Kier molecular flexibility index (Phi) is 12.9. The summed E-state index contributed by atoms with van der Waals surface area (Å²) in [6.45, 7) is 5.63. The number of aliphatic hydroxyl groups is 1. The number of nitrogens with zero attached hydrogens (tertiary/aromatic N) is 2. The van der Waals surface area contributed by atoms with Crippen LogP contribution >= 0.6 is 0 Å². The lowest BCUT2D eigenvalue weighted by molar-refractivity contribution is -0.00834. The number of sulfonamides is 1. The molecule has 0 fully saturated rings. The van der Waals surface area contributed by atoms with Gasteiger partial charge >= 0.3 is 6.03 Å². The number of carbonyl (C=O) groups is 2. The van der Waals surface area contributed by atoms with Crippen molar-refractivity contribution in [3.05, 3.63) is 96.3 Å². The van der Waals surface area contributed by atoms with E-state index in [9.17, 15) is 27.5 Å². The molecule has 278 valence electrons. The first-order valence-corrected chi connectivity index (χ1v) is 18.9. The van der Waals surface area contributed by atoms with E-state index in [1.54, 1.807) is 25.1 Å². The van der Waals surface area contributed by atoms with Crippen LogP contribution in [0.5, 0.6) is 5.75 Å². The standard InChI is InChI=1S/C39H47FN4O7S/c1-26-23-44(27(2)25-45)38(46)34-22-31(41-39(47)42-35-14-9-12-29-11-5-6-13-33(29)35)17-20-36(34)51-28(3)10-7-8-21-50-37(26)24-43(4)52(48,49)32-18-15-30(40)16-19-32/h5-6,9,11-20,22,26-28,37,45H,7-8,10,21,23-25H2,1-4H3,(H2,41,42,47)/t26-,27+,28+,37-/m1/s1. The number of carbonyl (C=O) groups excluding carboxylic acids is 2. The molecule has 0 radical (unpaired) electrons. The molecule has 3 N–H and O–H groups in total. The molecule has 52 heavy (non-hydrogen) atoms. The Morgan fingerprint density at radius 1 is 1.02 bits per heavy atom. The third kappa shape index (κ3) is 9.45. The van der Waals surface area contributed by atoms with Crippen molar-refractivity contribution in [2.24, 2.45) is 5.92 Å². The maximum Gasteiger partial charge on any atom is 0.323 e. The lowest BCUT2D eigenvalue weighted by atomic mass is 10.0. The molecule has 4 aromatic carbocycles. The average molecular weight is 735 g/mol. The summed E-state index contributed by atoms with van der Waals surface area (Å²) in [5, 5.41) is 17.9. The minimum absolute atomic E-state index is 0.0214. The quantitative estimate of drug-likeness (QED) is 0.182. The second-order valence-electron chi connectivity index (χ2n) is 13.4. The summed E-state index contributed by atoms with van der Waals surface area (Å²) in [5.41, 5.74) is 1.19. The van der Waals surface area contributed by atoms with Crippen LogP contribution in [-0.4, -0.2) is 86.3 Å². The second-order valence-corrected chi connectivity index (χ2v) is 15.4. The zero-order valence-corrected chi connectivity index (χ0v) is 30.7. The molecule has 0 unspecified atom stereocenters. The largest absolute Gasteiger partial charge is 0.490 e. The maximum atomic E-state index is 14.5. The van der Waals surface area contributed by atoms with Gasteiger partial charge in [-0.25, -0.2) is 17.6 Å². The lowest BCUT2D eigenvalue weighted by Gasteiger charge is -2.35. The van der Waals surface area contributed by atoms with Crippen LogP contribution in [0.4, 0.5) is 20.6 Å². The molecule has 0 saturated heterocycles. The van der Waals surface area contributed by atoms with Crippen LogP contribution < -0.4 is 15.4 Å². The first-order chi connectivity index (χ1) is 24.9. The third-order valence-corrected chi connectivity index (χ3v) is 11.1. The van der Waals surface area contributed by atoms with Gasteiger partial charge in [0.15, 0.2) is 0 Å².